The summed E-state index contributed by atoms with van der Waals surface area (Å²) in [5, 5.41) is 9.34. The van der Waals surface area contributed by atoms with Crippen LogP contribution in [0.4, 0.5) is 0 Å². The smallest absolute Gasteiger partial charge is 0.243 e. The van der Waals surface area contributed by atoms with E-state index in [0.717, 1.165) is 18.4 Å². The quantitative estimate of drug-likeness (QED) is 0.896. The van der Waals surface area contributed by atoms with E-state index in [-0.39, 0.29) is 17.6 Å². The Balaban J connectivity index is 2.29. The van der Waals surface area contributed by atoms with E-state index < -0.39 is 10.0 Å². The Labute approximate surface area is 126 Å². The monoisotopic (exact) mass is 313 g/mol. The molecular weight excluding hydrogens is 290 g/mol. The Hall–Kier alpha value is -0.950. The van der Waals surface area contributed by atoms with E-state index in [9.17, 15) is 13.5 Å². The Bertz CT molecular complexity index is 606. The Morgan fingerprint density at radius 2 is 2.05 bits per heavy atom. The van der Waals surface area contributed by atoms with Crippen LogP contribution >= 0.6 is 0 Å². The molecule has 6 heteroatoms. The van der Waals surface area contributed by atoms with Gasteiger partial charge in [-0.25, -0.2) is 8.42 Å². The minimum atomic E-state index is -3.56. The number of hydrogen-bond acceptors (Lipinski definition) is 4. The fraction of sp³-hybridized carbons (Fsp3) is 0.600. The Kier molecular flexibility index (Phi) is 5.03. The number of aliphatic hydroxyl groups excluding tert-OH is 1. The number of aliphatic hydroxyl groups is 1. The Morgan fingerprint density at radius 3 is 2.62 bits per heavy atom. The van der Waals surface area contributed by atoms with Gasteiger partial charge < -0.3 is 9.84 Å². The van der Waals surface area contributed by atoms with Crippen LogP contribution in [0.2, 0.25) is 0 Å². The number of rotatable bonds is 5. The van der Waals surface area contributed by atoms with E-state index in [1.54, 1.807) is 26.1 Å². The normalized spacial score (nSPS) is 19.4. The molecule has 5 nitrogen and oxygen atoms in total. The van der Waals surface area contributed by atoms with E-state index >= 15 is 0 Å². The van der Waals surface area contributed by atoms with Crippen molar-refractivity contribution in [2.24, 2.45) is 0 Å². The summed E-state index contributed by atoms with van der Waals surface area (Å²) in [7, 11) is -1.99. The molecule has 0 radical (unpaired) electrons. The van der Waals surface area contributed by atoms with Gasteiger partial charge in [0.25, 0.3) is 0 Å². The molecule has 0 aromatic heterocycles. The van der Waals surface area contributed by atoms with Crippen LogP contribution in [-0.2, 0) is 21.4 Å². The molecule has 1 aliphatic heterocycles. The highest BCUT2D eigenvalue weighted by Crippen LogP contribution is 2.24. The second kappa shape index (κ2) is 6.44. The molecule has 0 amide bonds. The number of likely N-dealkylation sites (N-methyl/N-ethyl adjacent to an activating group) is 1. The SMILES string of the molecule is Cc1cc(C)c(S(=O)(=O)N(C)CC2CCCO2)cc1CO. The van der Waals surface area contributed by atoms with Crippen molar-refractivity contribution in [1.82, 2.24) is 4.31 Å². The van der Waals surface area contributed by atoms with Gasteiger partial charge in [0.15, 0.2) is 0 Å². The number of sulfonamides is 1. The third kappa shape index (κ3) is 3.45. The molecule has 1 aliphatic rings. The lowest BCUT2D eigenvalue weighted by molar-refractivity contribution is 0.0979. The molecule has 0 spiro atoms. The minimum absolute atomic E-state index is 0.0205. The van der Waals surface area contributed by atoms with Crippen molar-refractivity contribution < 1.29 is 18.3 Å². The van der Waals surface area contributed by atoms with Crippen molar-refractivity contribution in [2.75, 3.05) is 20.2 Å². The molecule has 1 heterocycles. The lowest BCUT2D eigenvalue weighted by atomic mass is 10.1. The van der Waals surface area contributed by atoms with E-state index in [1.165, 1.54) is 4.31 Å². The zero-order valence-corrected chi connectivity index (χ0v) is 13.6. The molecule has 1 aromatic carbocycles. The molecule has 0 saturated carbocycles. The maximum Gasteiger partial charge on any atom is 0.243 e. The molecule has 1 fully saturated rings. The third-order valence-electron chi connectivity index (χ3n) is 3.98. The molecule has 21 heavy (non-hydrogen) atoms. The summed E-state index contributed by atoms with van der Waals surface area (Å²) in [6.07, 6.45) is 1.86. The van der Waals surface area contributed by atoms with Gasteiger partial charge in [-0.05, 0) is 49.4 Å². The summed E-state index contributed by atoms with van der Waals surface area (Å²) in [5.41, 5.74) is 2.24. The molecule has 1 N–H and O–H groups in total. The highest BCUT2D eigenvalue weighted by atomic mass is 32.2. The average molecular weight is 313 g/mol. The highest BCUT2D eigenvalue weighted by molar-refractivity contribution is 7.89. The largest absolute Gasteiger partial charge is 0.392 e. The van der Waals surface area contributed by atoms with Gasteiger partial charge in [0.05, 0.1) is 17.6 Å². The van der Waals surface area contributed by atoms with Crippen molar-refractivity contribution in [1.29, 1.82) is 0 Å². The Morgan fingerprint density at radius 1 is 1.33 bits per heavy atom. The fourth-order valence-electron chi connectivity index (χ4n) is 2.66. The van der Waals surface area contributed by atoms with E-state index in [4.69, 9.17) is 4.74 Å². The lowest BCUT2D eigenvalue weighted by Crippen LogP contribution is -2.34. The van der Waals surface area contributed by atoms with Gasteiger partial charge in [0.2, 0.25) is 10.0 Å². The standard InChI is InChI=1S/C15H23NO4S/c1-11-7-12(2)15(8-13(11)10-17)21(18,19)16(3)9-14-5-4-6-20-14/h7-8,14,17H,4-6,9-10H2,1-3H3. The first-order chi connectivity index (χ1) is 9.86. The first-order valence-corrected chi connectivity index (χ1v) is 8.59. The number of nitrogens with zero attached hydrogens (tertiary/aromatic N) is 1. The number of aryl methyl sites for hydroxylation is 2. The first kappa shape index (κ1) is 16.4. The van der Waals surface area contributed by atoms with Crippen molar-refractivity contribution in [3.05, 3.63) is 28.8 Å². The van der Waals surface area contributed by atoms with Gasteiger partial charge in [0, 0.05) is 20.2 Å². The predicted octanol–water partition coefficient (Wildman–Crippen LogP) is 1.60. The molecule has 1 aromatic rings. The molecule has 118 valence electrons. The molecule has 1 atom stereocenters. The summed E-state index contributed by atoms with van der Waals surface area (Å²) in [6, 6.07) is 3.38. The molecule has 0 bridgehead atoms. The van der Waals surface area contributed by atoms with Gasteiger partial charge in [-0.15, -0.1) is 0 Å². The van der Waals surface area contributed by atoms with Crippen molar-refractivity contribution in [2.45, 2.75) is 44.3 Å². The highest BCUT2D eigenvalue weighted by Gasteiger charge is 2.27. The zero-order valence-electron chi connectivity index (χ0n) is 12.8. The second-order valence-corrected chi connectivity index (χ2v) is 7.64. The third-order valence-corrected chi connectivity index (χ3v) is 5.94. The number of ether oxygens (including phenoxy) is 1. The van der Waals surface area contributed by atoms with Gasteiger partial charge in [-0.3, -0.25) is 0 Å². The van der Waals surface area contributed by atoms with E-state index in [2.05, 4.69) is 0 Å². The van der Waals surface area contributed by atoms with Crippen LogP contribution in [0, 0.1) is 13.8 Å². The minimum Gasteiger partial charge on any atom is -0.392 e. The fourth-order valence-corrected chi connectivity index (χ4v) is 4.12. The summed E-state index contributed by atoms with van der Waals surface area (Å²) in [6.45, 7) is 4.55. The van der Waals surface area contributed by atoms with Gasteiger partial charge in [-0.1, -0.05) is 6.07 Å². The maximum atomic E-state index is 12.7. The van der Waals surface area contributed by atoms with Crippen LogP contribution < -0.4 is 0 Å². The lowest BCUT2D eigenvalue weighted by Gasteiger charge is -2.22. The van der Waals surface area contributed by atoms with E-state index in [1.807, 2.05) is 6.92 Å². The molecule has 1 saturated heterocycles. The van der Waals surface area contributed by atoms with Crippen LogP contribution in [0.1, 0.15) is 29.5 Å². The van der Waals surface area contributed by atoms with Crippen LogP contribution in [-0.4, -0.2) is 44.1 Å². The van der Waals surface area contributed by atoms with Crippen molar-refractivity contribution >= 4 is 10.0 Å². The molecule has 2 rings (SSSR count). The first-order valence-electron chi connectivity index (χ1n) is 7.15. The van der Waals surface area contributed by atoms with E-state index in [0.29, 0.717) is 24.3 Å². The summed E-state index contributed by atoms with van der Waals surface area (Å²) in [4.78, 5) is 0.262. The van der Waals surface area contributed by atoms with Gasteiger partial charge >= 0.3 is 0 Å². The molecule has 1 unspecified atom stereocenters. The van der Waals surface area contributed by atoms with Crippen LogP contribution in [0.5, 0.6) is 0 Å². The predicted molar refractivity (Wildman–Crippen MR) is 80.6 cm³/mol. The van der Waals surface area contributed by atoms with Crippen LogP contribution in [0.15, 0.2) is 17.0 Å². The van der Waals surface area contributed by atoms with Crippen LogP contribution in [0.25, 0.3) is 0 Å². The summed E-state index contributed by atoms with van der Waals surface area (Å²) >= 11 is 0. The van der Waals surface area contributed by atoms with Gasteiger partial charge in [0.1, 0.15) is 0 Å². The number of hydrogen-bond donors (Lipinski definition) is 1. The van der Waals surface area contributed by atoms with Crippen LogP contribution in [0.3, 0.4) is 0 Å². The maximum absolute atomic E-state index is 12.7. The van der Waals surface area contributed by atoms with Crippen molar-refractivity contribution in [3.63, 3.8) is 0 Å². The summed E-state index contributed by atoms with van der Waals surface area (Å²) < 4.78 is 32.3. The van der Waals surface area contributed by atoms with Crippen molar-refractivity contribution in [3.8, 4) is 0 Å². The van der Waals surface area contributed by atoms with Gasteiger partial charge in [-0.2, -0.15) is 4.31 Å². The summed E-state index contributed by atoms with van der Waals surface area (Å²) in [5.74, 6) is 0. The average Bonchev–Trinajstić information content (AvgIpc) is 2.91. The zero-order chi connectivity index (χ0) is 15.6. The number of benzene rings is 1. The topological polar surface area (TPSA) is 66.8 Å². The molecular formula is C15H23NO4S. The molecule has 0 aliphatic carbocycles. The second-order valence-electron chi connectivity index (χ2n) is 5.62.